The Kier molecular flexibility index (Phi) is 4.22. The highest BCUT2D eigenvalue weighted by Crippen LogP contribution is 2.16. The van der Waals surface area contributed by atoms with Crippen molar-refractivity contribution in [1.82, 2.24) is 5.32 Å². The summed E-state index contributed by atoms with van der Waals surface area (Å²) in [5.41, 5.74) is 1.30. The third kappa shape index (κ3) is 3.83. The van der Waals surface area contributed by atoms with Crippen molar-refractivity contribution < 1.29 is 13.2 Å². The molecule has 0 heterocycles. The van der Waals surface area contributed by atoms with Gasteiger partial charge in [-0.15, -0.1) is 0 Å². The summed E-state index contributed by atoms with van der Waals surface area (Å²) >= 11 is 0. The van der Waals surface area contributed by atoms with Crippen LogP contribution in [0.5, 0.6) is 0 Å². The van der Waals surface area contributed by atoms with Gasteiger partial charge in [0.1, 0.15) is 17.5 Å². The Labute approximate surface area is 110 Å². The van der Waals surface area contributed by atoms with Crippen LogP contribution in [0.2, 0.25) is 0 Å². The van der Waals surface area contributed by atoms with Gasteiger partial charge in [0.2, 0.25) is 0 Å². The van der Waals surface area contributed by atoms with Gasteiger partial charge < -0.3 is 5.32 Å². The van der Waals surface area contributed by atoms with E-state index in [-0.39, 0.29) is 11.9 Å². The fourth-order valence-corrected chi connectivity index (χ4v) is 1.86. The highest BCUT2D eigenvalue weighted by molar-refractivity contribution is 5.22. The van der Waals surface area contributed by atoms with Gasteiger partial charge in [0.25, 0.3) is 0 Å². The Balaban J connectivity index is 2.03. The molecule has 0 aliphatic rings. The van der Waals surface area contributed by atoms with Crippen LogP contribution >= 0.6 is 0 Å². The summed E-state index contributed by atoms with van der Waals surface area (Å²) in [5.74, 6) is -1.51. The fraction of sp³-hybridized carbons (Fsp3) is 0.200. The van der Waals surface area contributed by atoms with E-state index in [1.54, 1.807) is 19.1 Å². The second-order valence-corrected chi connectivity index (χ2v) is 4.44. The summed E-state index contributed by atoms with van der Waals surface area (Å²) in [6.45, 7) is 2.23. The zero-order chi connectivity index (χ0) is 13.8. The molecular weight excluding hydrogens is 251 g/mol. The van der Waals surface area contributed by atoms with E-state index in [9.17, 15) is 13.2 Å². The molecule has 2 aromatic rings. The largest absolute Gasteiger partial charge is 0.306 e. The van der Waals surface area contributed by atoms with Gasteiger partial charge in [-0.05, 0) is 42.3 Å². The minimum absolute atomic E-state index is 0.228. The van der Waals surface area contributed by atoms with E-state index >= 15 is 0 Å². The van der Waals surface area contributed by atoms with Gasteiger partial charge in [-0.1, -0.05) is 12.1 Å². The predicted octanol–water partition coefficient (Wildman–Crippen LogP) is 3.95. The fourth-order valence-electron chi connectivity index (χ4n) is 1.86. The zero-order valence-corrected chi connectivity index (χ0v) is 10.5. The van der Waals surface area contributed by atoms with E-state index in [1.165, 1.54) is 24.3 Å². The minimum Gasteiger partial charge on any atom is -0.306 e. The lowest BCUT2D eigenvalue weighted by atomic mass is 10.1. The summed E-state index contributed by atoms with van der Waals surface area (Å²) in [6, 6.07) is 9.38. The van der Waals surface area contributed by atoms with Crippen LogP contribution in [0.15, 0.2) is 42.5 Å². The highest BCUT2D eigenvalue weighted by atomic mass is 19.1. The lowest BCUT2D eigenvalue weighted by Gasteiger charge is -2.14. The standard InChI is InChI=1S/C15H14F3N/c1-10(12-6-14(17)8-15(18)7-12)19-9-11-3-2-4-13(16)5-11/h2-8,10,19H,9H2,1H3. The summed E-state index contributed by atoms with van der Waals surface area (Å²) in [4.78, 5) is 0. The maximum absolute atomic E-state index is 13.1. The molecule has 1 unspecified atom stereocenters. The van der Waals surface area contributed by atoms with Gasteiger partial charge >= 0.3 is 0 Å². The number of halogens is 3. The molecule has 0 amide bonds. The van der Waals surface area contributed by atoms with Crippen LogP contribution in [0.4, 0.5) is 13.2 Å². The molecule has 1 N–H and O–H groups in total. The topological polar surface area (TPSA) is 12.0 Å². The molecule has 1 nitrogen and oxygen atoms in total. The van der Waals surface area contributed by atoms with Crippen molar-refractivity contribution in [1.29, 1.82) is 0 Å². The number of nitrogens with one attached hydrogen (secondary N) is 1. The lowest BCUT2D eigenvalue weighted by molar-refractivity contribution is 0.544. The molecule has 0 saturated carbocycles. The van der Waals surface area contributed by atoms with E-state index in [1.807, 2.05) is 0 Å². The van der Waals surface area contributed by atoms with Gasteiger partial charge in [0.05, 0.1) is 0 Å². The highest BCUT2D eigenvalue weighted by Gasteiger charge is 2.08. The average Bonchev–Trinajstić information content (AvgIpc) is 2.35. The van der Waals surface area contributed by atoms with E-state index in [0.29, 0.717) is 12.1 Å². The molecule has 0 radical (unpaired) electrons. The van der Waals surface area contributed by atoms with Crippen LogP contribution in [0.25, 0.3) is 0 Å². The third-order valence-corrected chi connectivity index (χ3v) is 2.89. The van der Waals surface area contributed by atoms with Crippen molar-refractivity contribution in [3.05, 3.63) is 71.0 Å². The van der Waals surface area contributed by atoms with Crippen LogP contribution in [0.3, 0.4) is 0 Å². The second-order valence-electron chi connectivity index (χ2n) is 4.44. The first-order valence-electron chi connectivity index (χ1n) is 5.98. The molecule has 100 valence electrons. The molecule has 0 aromatic heterocycles. The van der Waals surface area contributed by atoms with Gasteiger partial charge in [0, 0.05) is 18.7 Å². The van der Waals surface area contributed by atoms with Crippen molar-refractivity contribution in [2.45, 2.75) is 19.5 Å². The Morgan fingerprint density at radius 1 is 0.947 bits per heavy atom. The number of hydrogen-bond donors (Lipinski definition) is 1. The Hall–Kier alpha value is -1.81. The number of benzene rings is 2. The summed E-state index contributed by atoms with van der Waals surface area (Å²) in [5, 5.41) is 3.10. The third-order valence-electron chi connectivity index (χ3n) is 2.89. The molecule has 2 rings (SSSR count). The van der Waals surface area contributed by atoms with Crippen LogP contribution in [0.1, 0.15) is 24.1 Å². The molecule has 0 fully saturated rings. The number of hydrogen-bond acceptors (Lipinski definition) is 1. The first kappa shape index (κ1) is 13.6. The molecular formula is C15H14F3N. The molecule has 4 heteroatoms. The maximum atomic E-state index is 13.1. The van der Waals surface area contributed by atoms with Crippen molar-refractivity contribution >= 4 is 0 Å². The normalized spacial score (nSPS) is 12.4. The smallest absolute Gasteiger partial charge is 0.126 e. The molecule has 0 aliphatic carbocycles. The van der Waals surface area contributed by atoms with Crippen molar-refractivity contribution in [3.8, 4) is 0 Å². The van der Waals surface area contributed by atoms with Crippen LogP contribution in [-0.2, 0) is 6.54 Å². The molecule has 2 aromatic carbocycles. The average molecular weight is 265 g/mol. The number of rotatable bonds is 4. The Morgan fingerprint density at radius 2 is 1.63 bits per heavy atom. The van der Waals surface area contributed by atoms with E-state index in [2.05, 4.69) is 5.32 Å². The summed E-state index contributed by atoms with van der Waals surface area (Å²) < 4.78 is 39.2. The second kappa shape index (κ2) is 5.89. The van der Waals surface area contributed by atoms with Crippen molar-refractivity contribution in [3.63, 3.8) is 0 Å². The van der Waals surface area contributed by atoms with Gasteiger partial charge in [-0.25, -0.2) is 13.2 Å². The van der Waals surface area contributed by atoms with Gasteiger partial charge in [0.15, 0.2) is 0 Å². The summed E-state index contributed by atoms with van der Waals surface area (Å²) in [7, 11) is 0. The van der Waals surface area contributed by atoms with Crippen LogP contribution in [-0.4, -0.2) is 0 Å². The van der Waals surface area contributed by atoms with E-state index in [0.717, 1.165) is 11.6 Å². The van der Waals surface area contributed by atoms with E-state index in [4.69, 9.17) is 0 Å². The molecule has 1 atom stereocenters. The first-order chi connectivity index (χ1) is 9.04. The first-order valence-corrected chi connectivity index (χ1v) is 5.98. The van der Waals surface area contributed by atoms with Crippen LogP contribution < -0.4 is 5.32 Å². The molecule has 19 heavy (non-hydrogen) atoms. The van der Waals surface area contributed by atoms with Crippen molar-refractivity contribution in [2.24, 2.45) is 0 Å². The molecule has 0 spiro atoms. The predicted molar refractivity (Wildman–Crippen MR) is 68.0 cm³/mol. The van der Waals surface area contributed by atoms with Crippen molar-refractivity contribution in [2.75, 3.05) is 0 Å². The SMILES string of the molecule is CC(NCc1cccc(F)c1)c1cc(F)cc(F)c1. The molecule has 0 bridgehead atoms. The monoisotopic (exact) mass is 265 g/mol. The Morgan fingerprint density at radius 3 is 2.26 bits per heavy atom. The molecule has 0 saturated heterocycles. The van der Waals surface area contributed by atoms with Gasteiger partial charge in [-0.2, -0.15) is 0 Å². The van der Waals surface area contributed by atoms with E-state index < -0.39 is 11.6 Å². The minimum atomic E-state index is -0.602. The summed E-state index contributed by atoms with van der Waals surface area (Å²) in [6.07, 6.45) is 0. The maximum Gasteiger partial charge on any atom is 0.126 e. The van der Waals surface area contributed by atoms with Crippen LogP contribution in [0, 0.1) is 17.5 Å². The lowest BCUT2D eigenvalue weighted by Crippen LogP contribution is -2.18. The Bertz CT molecular complexity index is 549. The zero-order valence-electron chi connectivity index (χ0n) is 10.5. The quantitative estimate of drug-likeness (QED) is 0.882. The van der Waals surface area contributed by atoms with Gasteiger partial charge in [-0.3, -0.25) is 0 Å². The molecule has 0 aliphatic heterocycles.